The molecule has 2 N–H and O–H groups in total. The van der Waals surface area contributed by atoms with Crippen LogP contribution in [-0.4, -0.2) is 29.2 Å². The molecule has 0 aromatic carbocycles. The van der Waals surface area contributed by atoms with Crippen LogP contribution in [0.3, 0.4) is 0 Å². The number of aromatic nitrogens is 3. The zero-order chi connectivity index (χ0) is 15.7. The van der Waals surface area contributed by atoms with Crippen molar-refractivity contribution in [1.29, 1.82) is 0 Å². The second kappa shape index (κ2) is 6.10. The molecule has 1 aliphatic rings. The van der Waals surface area contributed by atoms with E-state index in [4.69, 9.17) is 10.5 Å². The van der Waals surface area contributed by atoms with E-state index in [2.05, 4.69) is 35.7 Å². The number of pyridine rings is 1. The molecule has 22 heavy (non-hydrogen) atoms. The first-order chi connectivity index (χ1) is 10.4. The summed E-state index contributed by atoms with van der Waals surface area (Å²) in [6.45, 7) is 8.43. The molecule has 1 saturated carbocycles. The topological polar surface area (TPSA) is 66.0 Å². The Hall–Kier alpha value is -1.24. The van der Waals surface area contributed by atoms with E-state index >= 15 is 0 Å². The molecule has 1 aliphatic carbocycles. The minimum Gasteiger partial charge on any atom is -0.361 e. The van der Waals surface area contributed by atoms with Gasteiger partial charge in [0.2, 0.25) is 0 Å². The van der Waals surface area contributed by atoms with Gasteiger partial charge in [-0.15, -0.1) is 0 Å². The number of fused-ring (bicyclic) bond motifs is 1. The maximum Gasteiger partial charge on any atom is 0.177 e. The molecule has 1 atom stereocenters. The molecule has 0 bridgehead atoms. The molecule has 0 aliphatic heterocycles. The summed E-state index contributed by atoms with van der Waals surface area (Å²) in [5.41, 5.74) is 8.96. The van der Waals surface area contributed by atoms with Crippen LogP contribution in [0.25, 0.3) is 11.2 Å². The predicted octanol–water partition coefficient (Wildman–Crippen LogP) is 3.15. The van der Waals surface area contributed by atoms with E-state index in [1.54, 1.807) is 6.33 Å². The fourth-order valence-corrected chi connectivity index (χ4v) is 3.24. The van der Waals surface area contributed by atoms with Crippen molar-refractivity contribution in [1.82, 2.24) is 14.5 Å². The summed E-state index contributed by atoms with van der Waals surface area (Å²) in [4.78, 5) is 9.01. The Kier molecular flexibility index (Phi) is 4.34. The van der Waals surface area contributed by atoms with E-state index in [0.29, 0.717) is 12.6 Å². The van der Waals surface area contributed by atoms with Crippen LogP contribution in [0.15, 0.2) is 18.5 Å². The maximum absolute atomic E-state index is 6.22. The molecule has 120 valence electrons. The average molecular weight is 318 g/mol. The molecule has 0 spiro atoms. The van der Waals surface area contributed by atoms with Crippen molar-refractivity contribution in [3.8, 4) is 0 Å². The molecule has 6 heteroatoms. The molecule has 2 aromatic heterocycles. The van der Waals surface area contributed by atoms with Crippen LogP contribution in [0.4, 0.5) is 0 Å². The molecule has 0 unspecified atom stereocenters. The molecule has 5 nitrogen and oxygen atoms in total. The van der Waals surface area contributed by atoms with E-state index in [-0.39, 0.29) is 6.04 Å². The monoisotopic (exact) mass is 318 g/mol. The molecule has 2 aromatic rings. The van der Waals surface area contributed by atoms with Crippen LogP contribution in [0, 0.1) is 5.92 Å². The highest BCUT2D eigenvalue weighted by Gasteiger charge is 2.30. The predicted molar refractivity (Wildman–Crippen MR) is 91.3 cm³/mol. The number of hydrogen-bond donors (Lipinski definition) is 1. The fourth-order valence-electron chi connectivity index (χ4n) is 2.49. The fraction of sp³-hybridized carbons (Fsp3) is 0.625. The second-order valence-electron chi connectivity index (χ2n) is 7.50. The lowest BCUT2D eigenvalue weighted by Gasteiger charge is -2.15. The molecule has 2 heterocycles. The van der Waals surface area contributed by atoms with E-state index in [1.165, 1.54) is 18.9 Å². The average Bonchev–Trinajstić information content (AvgIpc) is 3.23. The van der Waals surface area contributed by atoms with Crippen molar-refractivity contribution in [3.05, 3.63) is 24.2 Å². The summed E-state index contributed by atoms with van der Waals surface area (Å²) < 4.78 is 7.81. The molecule has 3 rings (SSSR count). The molecule has 0 saturated heterocycles. The van der Waals surface area contributed by atoms with Crippen molar-refractivity contribution in [2.24, 2.45) is 11.7 Å². The standard InChI is InChI=1S/C16H26N4OSi/c1-22(2,3)9-8-21-11-20-10-18-16-14(20)7-6-13(19-16)15(17)12-4-5-12/h6-7,10,12,15H,4-5,8-9,11,17H2,1-3H3/t15-/m1/s1. The first kappa shape index (κ1) is 15.6. The largest absolute Gasteiger partial charge is 0.361 e. The van der Waals surface area contributed by atoms with Crippen LogP contribution in [0.2, 0.25) is 25.7 Å². The van der Waals surface area contributed by atoms with Gasteiger partial charge < -0.3 is 15.0 Å². The first-order valence-electron chi connectivity index (χ1n) is 8.09. The highest BCUT2D eigenvalue weighted by Crippen LogP contribution is 2.38. The van der Waals surface area contributed by atoms with Crippen molar-refractivity contribution in [3.63, 3.8) is 0 Å². The normalized spacial score (nSPS) is 17.1. The quantitative estimate of drug-likeness (QED) is 0.629. The Morgan fingerprint density at radius 3 is 2.82 bits per heavy atom. The number of hydrogen-bond acceptors (Lipinski definition) is 4. The highest BCUT2D eigenvalue weighted by atomic mass is 28.3. The first-order valence-corrected chi connectivity index (χ1v) is 11.8. The third-order valence-corrected chi connectivity index (χ3v) is 5.91. The van der Waals surface area contributed by atoms with E-state index in [0.717, 1.165) is 23.5 Å². The van der Waals surface area contributed by atoms with Gasteiger partial charge in [0, 0.05) is 20.7 Å². The highest BCUT2D eigenvalue weighted by molar-refractivity contribution is 6.76. The van der Waals surface area contributed by atoms with Crippen LogP contribution in [0.1, 0.15) is 24.6 Å². The van der Waals surface area contributed by atoms with E-state index < -0.39 is 8.07 Å². The lowest BCUT2D eigenvalue weighted by molar-refractivity contribution is 0.0898. The SMILES string of the molecule is C[Si](C)(C)CCOCn1cnc2nc([C@H](N)C3CC3)ccc21. The van der Waals surface area contributed by atoms with Gasteiger partial charge >= 0.3 is 0 Å². The summed E-state index contributed by atoms with van der Waals surface area (Å²) in [7, 11) is -1.03. The third kappa shape index (κ3) is 3.74. The zero-order valence-corrected chi connectivity index (χ0v) is 14.7. The smallest absolute Gasteiger partial charge is 0.177 e. The van der Waals surface area contributed by atoms with E-state index in [9.17, 15) is 0 Å². The lowest BCUT2D eigenvalue weighted by Crippen LogP contribution is -2.22. The van der Waals surface area contributed by atoms with E-state index in [1.807, 2.05) is 10.6 Å². The Balaban J connectivity index is 1.64. The maximum atomic E-state index is 6.22. The van der Waals surface area contributed by atoms with Gasteiger partial charge in [-0.2, -0.15) is 0 Å². The number of nitrogens with two attached hydrogens (primary N) is 1. The van der Waals surface area contributed by atoms with Crippen molar-refractivity contribution in [2.75, 3.05) is 6.61 Å². The Morgan fingerprint density at radius 2 is 2.14 bits per heavy atom. The molecule has 0 radical (unpaired) electrons. The number of ether oxygens (including phenoxy) is 1. The van der Waals surface area contributed by atoms with Gasteiger partial charge in [0.25, 0.3) is 0 Å². The van der Waals surface area contributed by atoms with Crippen LogP contribution in [-0.2, 0) is 11.5 Å². The molecule has 1 fully saturated rings. The molecule has 0 amide bonds. The lowest BCUT2D eigenvalue weighted by atomic mass is 10.1. The van der Waals surface area contributed by atoms with Gasteiger partial charge in [-0.3, -0.25) is 0 Å². The third-order valence-electron chi connectivity index (χ3n) is 4.20. The summed E-state index contributed by atoms with van der Waals surface area (Å²) in [6, 6.07) is 5.33. The molecular weight excluding hydrogens is 292 g/mol. The van der Waals surface area contributed by atoms with Crippen molar-refractivity contribution >= 4 is 19.2 Å². The zero-order valence-electron chi connectivity index (χ0n) is 13.7. The minimum atomic E-state index is -1.03. The Bertz CT molecular complexity index is 645. The van der Waals surface area contributed by atoms with Gasteiger partial charge in [0.1, 0.15) is 6.73 Å². The number of rotatable bonds is 7. The van der Waals surface area contributed by atoms with Gasteiger partial charge in [0.15, 0.2) is 5.65 Å². The van der Waals surface area contributed by atoms with Gasteiger partial charge in [-0.25, -0.2) is 9.97 Å². The van der Waals surface area contributed by atoms with Gasteiger partial charge in [-0.05, 0) is 36.9 Å². The van der Waals surface area contributed by atoms with Crippen molar-refractivity contribution in [2.45, 2.75) is 51.3 Å². The summed E-state index contributed by atoms with van der Waals surface area (Å²) >= 11 is 0. The minimum absolute atomic E-state index is 0.0579. The van der Waals surface area contributed by atoms with Crippen LogP contribution < -0.4 is 5.73 Å². The van der Waals surface area contributed by atoms with Crippen molar-refractivity contribution < 1.29 is 4.74 Å². The summed E-state index contributed by atoms with van der Waals surface area (Å²) in [6.07, 6.45) is 4.25. The summed E-state index contributed by atoms with van der Waals surface area (Å²) in [5.74, 6) is 0.608. The van der Waals surface area contributed by atoms with Crippen LogP contribution >= 0.6 is 0 Å². The Morgan fingerprint density at radius 1 is 1.36 bits per heavy atom. The summed E-state index contributed by atoms with van der Waals surface area (Å²) in [5, 5.41) is 0. The molecular formula is C16H26N4OSi. The number of nitrogens with zero attached hydrogens (tertiary/aromatic N) is 3. The van der Waals surface area contributed by atoms with Gasteiger partial charge in [-0.1, -0.05) is 19.6 Å². The Labute approximate surface area is 132 Å². The second-order valence-corrected chi connectivity index (χ2v) is 13.1. The van der Waals surface area contributed by atoms with Gasteiger partial charge in [0.05, 0.1) is 17.5 Å². The number of imidazole rings is 1. The van der Waals surface area contributed by atoms with Crippen LogP contribution in [0.5, 0.6) is 0 Å².